The molecular formula is C14H18N2O2S. The Labute approximate surface area is 117 Å². The van der Waals surface area contributed by atoms with Gasteiger partial charge in [-0.05, 0) is 30.1 Å². The lowest BCUT2D eigenvalue weighted by atomic mass is 10.1. The van der Waals surface area contributed by atoms with Crippen LogP contribution in [0.25, 0.3) is 0 Å². The molecule has 0 bridgehead atoms. The van der Waals surface area contributed by atoms with Gasteiger partial charge in [0, 0.05) is 6.20 Å². The molecule has 4 nitrogen and oxygen atoms in total. The number of nitrogens with zero attached hydrogens (tertiary/aromatic N) is 1. The second-order valence-electron chi connectivity index (χ2n) is 3.93. The van der Waals surface area contributed by atoms with Crippen molar-refractivity contribution in [2.24, 2.45) is 0 Å². The molecule has 5 heteroatoms. The number of hydrogen-bond acceptors (Lipinski definition) is 5. The highest BCUT2D eigenvalue weighted by Crippen LogP contribution is 2.36. The van der Waals surface area contributed by atoms with Crippen LogP contribution in [0.1, 0.15) is 23.5 Å². The van der Waals surface area contributed by atoms with Gasteiger partial charge < -0.3 is 14.8 Å². The van der Waals surface area contributed by atoms with Crippen molar-refractivity contribution in [2.45, 2.75) is 13.0 Å². The molecule has 0 fully saturated rings. The SMILES string of the molecule is CCNC(c1ncccc1OC)c1sccc1OC. The van der Waals surface area contributed by atoms with Crippen LogP contribution in [0.3, 0.4) is 0 Å². The van der Waals surface area contributed by atoms with Crippen LogP contribution in [-0.2, 0) is 0 Å². The van der Waals surface area contributed by atoms with E-state index in [-0.39, 0.29) is 6.04 Å². The van der Waals surface area contributed by atoms with Gasteiger partial charge in [0.05, 0.1) is 25.1 Å². The monoisotopic (exact) mass is 278 g/mol. The van der Waals surface area contributed by atoms with Crippen LogP contribution in [-0.4, -0.2) is 25.7 Å². The lowest BCUT2D eigenvalue weighted by Gasteiger charge is -2.19. The summed E-state index contributed by atoms with van der Waals surface area (Å²) in [6.07, 6.45) is 1.78. The lowest BCUT2D eigenvalue weighted by molar-refractivity contribution is 0.393. The Morgan fingerprint density at radius 1 is 1.26 bits per heavy atom. The van der Waals surface area contributed by atoms with E-state index in [0.717, 1.165) is 28.6 Å². The van der Waals surface area contributed by atoms with Gasteiger partial charge >= 0.3 is 0 Å². The summed E-state index contributed by atoms with van der Waals surface area (Å²) in [4.78, 5) is 5.58. The first kappa shape index (κ1) is 13.8. The van der Waals surface area contributed by atoms with E-state index in [1.54, 1.807) is 31.8 Å². The van der Waals surface area contributed by atoms with Crippen molar-refractivity contribution in [3.63, 3.8) is 0 Å². The molecule has 0 saturated carbocycles. The van der Waals surface area contributed by atoms with E-state index in [1.807, 2.05) is 23.6 Å². The van der Waals surface area contributed by atoms with Crippen molar-refractivity contribution >= 4 is 11.3 Å². The molecule has 0 aliphatic heterocycles. The lowest BCUT2D eigenvalue weighted by Crippen LogP contribution is -2.23. The predicted molar refractivity (Wildman–Crippen MR) is 77.2 cm³/mol. The third kappa shape index (κ3) is 2.88. The standard InChI is InChI=1S/C14H18N2O2S/c1-4-15-13(14-11(18-3)7-9-19-14)12-10(17-2)6-5-8-16-12/h5-9,13,15H,4H2,1-3H3. The first-order chi connectivity index (χ1) is 9.31. The first-order valence-electron chi connectivity index (χ1n) is 6.15. The zero-order valence-electron chi connectivity index (χ0n) is 11.3. The number of thiophene rings is 1. The fourth-order valence-electron chi connectivity index (χ4n) is 2.00. The number of nitrogens with one attached hydrogen (secondary N) is 1. The predicted octanol–water partition coefficient (Wildman–Crippen LogP) is 2.86. The minimum atomic E-state index is -0.0175. The largest absolute Gasteiger partial charge is 0.496 e. The van der Waals surface area contributed by atoms with Gasteiger partial charge in [-0.1, -0.05) is 6.92 Å². The summed E-state index contributed by atoms with van der Waals surface area (Å²) in [6, 6.07) is 5.75. The Bertz CT molecular complexity index is 528. The van der Waals surface area contributed by atoms with Gasteiger partial charge in [-0.15, -0.1) is 11.3 Å². The molecule has 0 aliphatic carbocycles. The third-order valence-electron chi connectivity index (χ3n) is 2.84. The fourth-order valence-corrected chi connectivity index (χ4v) is 2.93. The molecule has 0 saturated heterocycles. The highest BCUT2D eigenvalue weighted by atomic mass is 32.1. The van der Waals surface area contributed by atoms with E-state index in [9.17, 15) is 0 Å². The van der Waals surface area contributed by atoms with Crippen molar-refractivity contribution in [1.29, 1.82) is 0 Å². The van der Waals surface area contributed by atoms with Crippen molar-refractivity contribution in [2.75, 3.05) is 20.8 Å². The van der Waals surface area contributed by atoms with E-state index in [4.69, 9.17) is 9.47 Å². The number of ether oxygens (including phenoxy) is 2. The molecule has 2 heterocycles. The molecule has 0 amide bonds. The summed E-state index contributed by atoms with van der Waals surface area (Å²) in [5, 5.41) is 5.46. The molecule has 0 spiro atoms. The molecule has 0 aliphatic rings. The van der Waals surface area contributed by atoms with Gasteiger partial charge in [-0.25, -0.2) is 0 Å². The number of methoxy groups -OCH3 is 2. The van der Waals surface area contributed by atoms with E-state index in [2.05, 4.69) is 17.2 Å². The topological polar surface area (TPSA) is 43.4 Å². The second kappa shape index (κ2) is 6.54. The van der Waals surface area contributed by atoms with Gasteiger partial charge in [-0.3, -0.25) is 4.98 Å². The Balaban J connectivity index is 2.45. The minimum Gasteiger partial charge on any atom is -0.496 e. The molecule has 2 aromatic rings. The molecule has 1 N–H and O–H groups in total. The van der Waals surface area contributed by atoms with Crippen LogP contribution in [0.2, 0.25) is 0 Å². The van der Waals surface area contributed by atoms with E-state index >= 15 is 0 Å². The molecule has 2 rings (SSSR count). The highest BCUT2D eigenvalue weighted by Gasteiger charge is 2.23. The Morgan fingerprint density at radius 2 is 2.05 bits per heavy atom. The zero-order valence-corrected chi connectivity index (χ0v) is 12.2. The van der Waals surface area contributed by atoms with Crippen molar-refractivity contribution in [3.8, 4) is 11.5 Å². The first-order valence-corrected chi connectivity index (χ1v) is 7.03. The van der Waals surface area contributed by atoms with Crippen LogP contribution in [0, 0.1) is 0 Å². The maximum Gasteiger partial charge on any atom is 0.142 e. The number of hydrogen-bond donors (Lipinski definition) is 1. The summed E-state index contributed by atoms with van der Waals surface area (Å²) in [5.41, 5.74) is 0.882. The van der Waals surface area contributed by atoms with E-state index < -0.39 is 0 Å². The summed E-state index contributed by atoms with van der Waals surface area (Å²) in [5.74, 6) is 1.66. The van der Waals surface area contributed by atoms with E-state index in [0.29, 0.717) is 0 Å². The zero-order chi connectivity index (χ0) is 13.7. The number of pyridine rings is 1. The van der Waals surface area contributed by atoms with Crippen LogP contribution in [0.4, 0.5) is 0 Å². The fraction of sp³-hybridized carbons (Fsp3) is 0.357. The highest BCUT2D eigenvalue weighted by molar-refractivity contribution is 7.10. The van der Waals surface area contributed by atoms with Gasteiger partial charge in [0.2, 0.25) is 0 Å². The van der Waals surface area contributed by atoms with Gasteiger partial charge in [-0.2, -0.15) is 0 Å². The summed E-state index contributed by atoms with van der Waals surface area (Å²) in [7, 11) is 3.35. The molecule has 102 valence electrons. The van der Waals surface area contributed by atoms with Gasteiger partial charge in [0.15, 0.2) is 0 Å². The van der Waals surface area contributed by atoms with Gasteiger partial charge in [0.1, 0.15) is 17.2 Å². The summed E-state index contributed by atoms with van der Waals surface area (Å²) < 4.78 is 10.8. The Hall–Kier alpha value is -1.59. The average Bonchev–Trinajstić information content (AvgIpc) is 2.93. The third-order valence-corrected chi connectivity index (χ3v) is 3.80. The van der Waals surface area contributed by atoms with Crippen LogP contribution >= 0.6 is 11.3 Å². The van der Waals surface area contributed by atoms with Crippen molar-refractivity contribution < 1.29 is 9.47 Å². The Morgan fingerprint density at radius 3 is 2.74 bits per heavy atom. The maximum atomic E-state index is 5.41. The summed E-state index contributed by atoms with van der Waals surface area (Å²) >= 11 is 1.65. The van der Waals surface area contributed by atoms with Crippen molar-refractivity contribution in [1.82, 2.24) is 10.3 Å². The van der Waals surface area contributed by atoms with Crippen molar-refractivity contribution in [3.05, 3.63) is 40.3 Å². The van der Waals surface area contributed by atoms with Crippen LogP contribution in [0.5, 0.6) is 11.5 Å². The normalized spacial score (nSPS) is 12.2. The number of aromatic nitrogens is 1. The second-order valence-corrected chi connectivity index (χ2v) is 4.88. The molecule has 0 aromatic carbocycles. The quantitative estimate of drug-likeness (QED) is 0.882. The molecule has 1 unspecified atom stereocenters. The van der Waals surface area contributed by atoms with Gasteiger partial charge in [0.25, 0.3) is 0 Å². The number of rotatable bonds is 6. The molecule has 1 atom stereocenters. The molecular weight excluding hydrogens is 260 g/mol. The minimum absolute atomic E-state index is 0.0175. The van der Waals surface area contributed by atoms with Crippen LogP contribution < -0.4 is 14.8 Å². The Kier molecular flexibility index (Phi) is 4.76. The average molecular weight is 278 g/mol. The smallest absolute Gasteiger partial charge is 0.142 e. The maximum absolute atomic E-state index is 5.41. The van der Waals surface area contributed by atoms with E-state index in [1.165, 1.54) is 0 Å². The molecule has 0 radical (unpaired) electrons. The summed E-state index contributed by atoms with van der Waals surface area (Å²) in [6.45, 7) is 2.91. The molecule has 2 aromatic heterocycles. The van der Waals surface area contributed by atoms with Crippen LogP contribution in [0.15, 0.2) is 29.8 Å². The molecule has 19 heavy (non-hydrogen) atoms.